The highest BCUT2D eigenvalue weighted by molar-refractivity contribution is 7.85. The van der Waals surface area contributed by atoms with Gasteiger partial charge in [-0.05, 0) is 38.5 Å². The van der Waals surface area contributed by atoms with Crippen molar-refractivity contribution in [1.82, 2.24) is 10.2 Å². The quantitative estimate of drug-likeness (QED) is 0.813. The topological polar surface area (TPSA) is 64.4 Å². The first kappa shape index (κ1) is 16.3. The van der Waals surface area contributed by atoms with E-state index in [1.165, 1.54) is 0 Å². The van der Waals surface area contributed by atoms with E-state index >= 15 is 0 Å². The van der Waals surface area contributed by atoms with Gasteiger partial charge in [-0.15, -0.1) is 10.2 Å². The lowest BCUT2D eigenvalue weighted by atomic mass is 10.1. The monoisotopic (exact) mass is 317 g/mol. The van der Waals surface area contributed by atoms with Crippen molar-refractivity contribution in [3.8, 4) is 17.1 Å². The van der Waals surface area contributed by atoms with Crippen LogP contribution in [0.25, 0.3) is 11.3 Å². The summed E-state index contributed by atoms with van der Waals surface area (Å²) in [6.07, 6.45) is 1.63. The Kier molecular flexibility index (Phi) is 5.03. The molecule has 2 rings (SSSR count). The lowest BCUT2D eigenvalue weighted by molar-refractivity contribution is 0.392. The summed E-state index contributed by atoms with van der Waals surface area (Å²) in [5.41, 5.74) is 2.53. The molecule has 0 bridgehead atoms. The van der Waals surface area contributed by atoms with E-state index in [1.54, 1.807) is 19.4 Å². The van der Waals surface area contributed by atoms with Crippen molar-refractivity contribution in [1.29, 1.82) is 0 Å². The van der Waals surface area contributed by atoms with Crippen LogP contribution in [0.5, 0.6) is 5.88 Å². The van der Waals surface area contributed by atoms with E-state index in [4.69, 9.17) is 4.74 Å². The number of nitrogens with zero attached hydrogens (tertiary/aromatic N) is 3. The predicted molar refractivity (Wildman–Crippen MR) is 89.5 cm³/mol. The van der Waals surface area contributed by atoms with Crippen LogP contribution < -0.4 is 4.74 Å². The lowest BCUT2D eigenvalue weighted by Gasteiger charge is -2.12. The van der Waals surface area contributed by atoms with Crippen LogP contribution in [0.15, 0.2) is 40.8 Å². The maximum absolute atomic E-state index is 11.9. The fourth-order valence-corrected chi connectivity index (χ4v) is 2.16. The van der Waals surface area contributed by atoms with Crippen molar-refractivity contribution in [2.45, 2.75) is 25.5 Å². The van der Waals surface area contributed by atoms with Gasteiger partial charge >= 0.3 is 0 Å². The summed E-state index contributed by atoms with van der Waals surface area (Å²) in [4.78, 5) is 0. The van der Waals surface area contributed by atoms with Crippen LogP contribution >= 0.6 is 0 Å². The zero-order valence-electron chi connectivity index (χ0n) is 13.1. The second-order valence-electron chi connectivity index (χ2n) is 5.68. The van der Waals surface area contributed by atoms with Crippen molar-refractivity contribution >= 4 is 17.2 Å². The minimum Gasteiger partial charge on any atom is -0.480 e. The van der Waals surface area contributed by atoms with E-state index in [2.05, 4.69) is 14.6 Å². The summed E-state index contributed by atoms with van der Waals surface area (Å²) in [6.45, 7) is 5.68. The van der Waals surface area contributed by atoms with Crippen molar-refractivity contribution < 1.29 is 8.95 Å². The molecule has 1 atom stereocenters. The average molecular weight is 317 g/mol. The van der Waals surface area contributed by atoms with Crippen LogP contribution in [-0.4, -0.2) is 32.5 Å². The molecule has 0 unspecified atom stereocenters. The Morgan fingerprint density at radius 2 is 1.95 bits per heavy atom. The molecule has 0 radical (unpaired) electrons. The van der Waals surface area contributed by atoms with Gasteiger partial charge in [0.05, 0.1) is 17.6 Å². The third-order valence-electron chi connectivity index (χ3n) is 2.85. The van der Waals surface area contributed by atoms with Gasteiger partial charge in [-0.2, -0.15) is 4.40 Å². The van der Waals surface area contributed by atoms with Crippen LogP contribution in [0.3, 0.4) is 0 Å². The molecule has 0 spiro atoms. The zero-order valence-corrected chi connectivity index (χ0v) is 13.9. The van der Waals surface area contributed by atoms with E-state index < -0.39 is 11.0 Å². The standard InChI is InChI=1S/C16H19N3O2S/c1-16(2,3)22(20)17-11-12-6-5-7-13(10-12)14-8-9-15(21-4)19-18-14/h5-11H,1-4H3/b17-11+/t22-/m1/s1. The summed E-state index contributed by atoms with van der Waals surface area (Å²) in [5.74, 6) is 0.474. The van der Waals surface area contributed by atoms with E-state index in [9.17, 15) is 4.21 Å². The molecule has 0 aliphatic heterocycles. The molecule has 2 aromatic rings. The van der Waals surface area contributed by atoms with Crippen LogP contribution in [-0.2, 0) is 11.0 Å². The van der Waals surface area contributed by atoms with Gasteiger partial charge in [0.25, 0.3) is 0 Å². The molecule has 0 aliphatic carbocycles. The Bertz CT molecular complexity index is 691. The third-order valence-corrected chi connectivity index (χ3v) is 4.20. The predicted octanol–water partition coefficient (Wildman–Crippen LogP) is 3.03. The minimum atomic E-state index is -1.27. The fourth-order valence-electron chi connectivity index (χ4n) is 1.63. The molecule has 0 amide bonds. The SMILES string of the molecule is COc1ccc(-c2cccc(/C=N/[S@](=O)C(C)(C)C)c2)nn1. The Hall–Kier alpha value is -2.08. The smallest absolute Gasteiger partial charge is 0.233 e. The molecule has 116 valence electrons. The lowest BCUT2D eigenvalue weighted by Crippen LogP contribution is -2.19. The maximum atomic E-state index is 11.9. The zero-order chi connectivity index (χ0) is 16.2. The maximum Gasteiger partial charge on any atom is 0.233 e. The van der Waals surface area contributed by atoms with Crippen molar-refractivity contribution in [3.63, 3.8) is 0 Å². The third kappa shape index (κ3) is 4.21. The largest absolute Gasteiger partial charge is 0.480 e. The summed E-state index contributed by atoms with van der Waals surface area (Å²) in [7, 11) is 0.283. The molecule has 1 aromatic carbocycles. The second kappa shape index (κ2) is 6.79. The molecule has 0 saturated heterocycles. The minimum absolute atomic E-state index is 0.366. The fraction of sp³-hybridized carbons (Fsp3) is 0.312. The molecule has 0 aliphatic rings. The summed E-state index contributed by atoms with van der Waals surface area (Å²) < 4.78 is 20.7. The van der Waals surface area contributed by atoms with Gasteiger partial charge in [-0.3, -0.25) is 0 Å². The molecule has 5 nitrogen and oxygen atoms in total. The number of ether oxygens (including phenoxy) is 1. The molecule has 1 aromatic heterocycles. The first-order valence-electron chi connectivity index (χ1n) is 6.84. The van der Waals surface area contributed by atoms with Crippen molar-refractivity contribution in [3.05, 3.63) is 42.0 Å². The highest BCUT2D eigenvalue weighted by Gasteiger charge is 2.18. The Balaban J connectivity index is 2.23. The van der Waals surface area contributed by atoms with Gasteiger partial charge < -0.3 is 4.74 Å². The van der Waals surface area contributed by atoms with Gasteiger partial charge in [0.15, 0.2) is 0 Å². The summed E-state index contributed by atoms with van der Waals surface area (Å²) in [6, 6.07) is 11.3. The average Bonchev–Trinajstić information content (AvgIpc) is 2.52. The normalized spacial score (nSPS) is 13.3. The number of hydrogen-bond acceptors (Lipinski definition) is 4. The molecule has 0 fully saturated rings. The second-order valence-corrected chi connectivity index (χ2v) is 7.62. The summed E-state index contributed by atoms with van der Waals surface area (Å²) in [5, 5.41) is 8.07. The van der Waals surface area contributed by atoms with Gasteiger partial charge in [0.2, 0.25) is 5.88 Å². The van der Waals surface area contributed by atoms with E-state index in [0.717, 1.165) is 16.8 Å². The number of methoxy groups -OCH3 is 1. The Labute approximate surface area is 133 Å². The first-order chi connectivity index (χ1) is 10.4. The van der Waals surface area contributed by atoms with Crippen LogP contribution in [0.2, 0.25) is 0 Å². The van der Waals surface area contributed by atoms with Gasteiger partial charge in [0, 0.05) is 17.8 Å². The van der Waals surface area contributed by atoms with Gasteiger partial charge in [0.1, 0.15) is 11.0 Å². The highest BCUT2D eigenvalue weighted by Crippen LogP contribution is 2.19. The number of rotatable bonds is 4. The first-order valence-corrected chi connectivity index (χ1v) is 7.95. The molecule has 0 saturated carbocycles. The number of aromatic nitrogens is 2. The molecule has 1 heterocycles. The van der Waals surface area contributed by atoms with Crippen LogP contribution in [0, 0.1) is 0 Å². The molecule has 0 N–H and O–H groups in total. The van der Waals surface area contributed by atoms with Crippen molar-refractivity contribution in [2.24, 2.45) is 4.40 Å². The van der Waals surface area contributed by atoms with Gasteiger partial charge in [-0.25, -0.2) is 4.21 Å². The number of benzene rings is 1. The Morgan fingerprint density at radius 1 is 1.18 bits per heavy atom. The van der Waals surface area contributed by atoms with Gasteiger partial charge in [-0.1, -0.05) is 18.2 Å². The van der Waals surface area contributed by atoms with E-state index in [-0.39, 0.29) is 4.75 Å². The summed E-state index contributed by atoms with van der Waals surface area (Å²) >= 11 is 0. The van der Waals surface area contributed by atoms with E-state index in [0.29, 0.717) is 5.88 Å². The molecule has 22 heavy (non-hydrogen) atoms. The van der Waals surface area contributed by atoms with Crippen molar-refractivity contribution in [2.75, 3.05) is 7.11 Å². The van der Waals surface area contributed by atoms with Crippen LogP contribution in [0.4, 0.5) is 0 Å². The van der Waals surface area contributed by atoms with Crippen LogP contribution in [0.1, 0.15) is 26.3 Å². The molecular weight excluding hydrogens is 298 g/mol. The molecule has 6 heteroatoms. The van der Waals surface area contributed by atoms with E-state index in [1.807, 2.05) is 51.1 Å². The Morgan fingerprint density at radius 3 is 2.55 bits per heavy atom. The number of hydrogen-bond donors (Lipinski definition) is 0. The molecular formula is C16H19N3O2S. The highest BCUT2D eigenvalue weighted by atomic mass is 32.2.